The SMILES string of the molecule is CC1CC(C(=O)O)CCN1C(=O)Nc1cc(Cl)ccc1Br. The molecule has 114 valence electrons. The number of rotatable bonds is 2. The molecule has 2 atom stereocenters. The van der Waals surface area contributed by atoms with E-state index in [4.69, 9.17) is 16.7 Å². The molecule has 1 heterocycles. The lowest BCUT2D eigenvalue weighted by Gasteiger charge is -2.36. The van der Waals surface area contributed by atoms with Gasteiger partial charge >= 0.3 is 12.0 Å². The standard InChI is InChI=1S/C14H16BrClN2O3/c1-8-6-9(13(19)20)4-5-18(8)14(21)17-12-7-10(16)2-3-11(12)15/h2-3,7-9H,4-6H2,1H3,(H,17,21)(H,19,20). The quantitative estimate of drug-likeness (QED) is 0.825. The fraction of sp³-hybridized carbons (Fsp3) is 0.429. The predicted molar refractivity (Wildman–Crippen MR) is 84.7 cm³/mol. The van der Waals surface area contributed by atoms with Crippen molar-refractivity contribution < 1.29 is 14.7 Å². The molecule has 0 bridgehead atoms. The summed E-state index contributed by atoms with van der Waals surface area (Å²) >= 11 is 9.27. The number of aliphatic carboxylic acids is 1. The summed E-state index contributed by atoms with van der Waals surface area (Å²) in [7, 11) is 0. The number of urea groups is 1. The number of nitrogens with one attached hydrogen (secondary N) is 1. The van der Waals surface area contributed by atoms with Crippen LogP contribution >= 0.6 is 27.5 Å². The molecule has 1 aliphatic heterocycles. The molecular formula is C14H16BrClN2O3. The van der Waals surface area contributed by atoms with Crippen LogP contribution in [0.25, 0.3) is 0 Å². The van der Waals surface area contributed by atoms with Crippen LogP contribution in [0.15, 0.2) is 22.7 Å². The zero-order valence-electron chi connectivity index (χ0n) is 11.5. The summed E-state index contributed by atoms with van der Waals surface area (Å²) in [6, 6.07) is 4.80. The van der Waals surface area contributed by atoms with Gasteiger partial charge in [0.05, 0.1) is 11.6 Å². The van der Waals surface area contributed by atoms with Crippen molar-refractivity contribution in [3.63, 3.8) is 0 Å². The summed E-state index contributed by atoms with van der Waals surface area (Å²) < 4.78 is 0.744. The highest BCUT2D eigenvalue weighted by Crippen LogP contribution is 2.28. The second-order valence-corrected chi connectivity index (χ2v) is 6.45. The first-order chi connectivity index (χ1) is 9.88. The number of carboxylic acids is 1. The van der Waals surface area contributed by atoms with Gasteiger partial charge in [-0.05, 0) is 53.9 Å². The summed E-state index contributed by atoms with van der Waals surface area (Å²) in [4.78, 5) is 25.0. The topological polar surface area (TPSA) is 69.6 Å². The van der Waals surface area contributed by atoms with Gasteiger partial charge in [-0.3, -0.25) is 4.79 Å². The molecule has 1 fully saturated rings. The molecule has 1 saturated heterocycles. The summed E-state index contributed by atoms with van der Waals surface area (Å²) in [6.45, 7) is 2.30. The second kappa shape index (κ2) is 6.66. The van der Waals surface area contributed by atoms with Gasteiger partial charge in [-0.25, -0.2) is 4.79 Å². The zero-order chi connectivity index (χ0) is 15.6. The molecule has 21 heavy (non-hydrogen) atoms. The maximum absolute atomic E-state index is 12.3. The minimum Gasteiger partial charge on any atom is -0.481 e. The maximum atomic E-state index is 12.3. The van der Waals surface area contributed by atoms with Crippen molar-refractivity contribution in [3.05, 3.63) is 27.7 Å². The Bertz CT molecular complexity index is 567. The summed E-state index contributed by atoms with van der Waals surface area (Å²) in [5.74, 6) is -1.17. The molecule has 0 radical (unpaired) electrons. The highest BCUT2D eigenvalue weighted by molar-refractivity contribution is 9.10. The molecule has 2 N–H and O–H groups in total. The van der Waals surface area contributed by atoms with Gasteiger partial charge in [0.2, 0.25) is 0 Å². The van der Waals surface area contributed by atoms with E-state index in [1.54, 1.807) is 23.1 Å². The number of hydrogen-bond acceptors (Lipinski definition) is 2. The molecule has 2 unspecified atom stereocenters. The maximum Gasteiger partial charge on any atom is 0.322 e. The van der Waals surface area contributed by atoms with Crippen molar-refractivity contribution >= 4 is 45.2 Å². The Hall–Kier alpha value is -1.27. The van der Waals surface area contributed by atoms with E-state index < -0.39 is 5.97 Å². The molecule has 0 aliphatic carbocycles. The lowest BCUT2D eigenvalue weighted by Crippen LogP contribution is -2.47. The van der Waals surface area contributed by atoms with Gasteiger partial charge in [-0.1, -0.05) is 11.6 Å². The number of piperidine rings is 1. The highest BCUT2D eigenvalue weighted by Gasteiger charge is 2.32. The fourth-order valence-corrected chi connectivity index (χ4v) is 3.00. The van der Waals surface area contributed by atoms with Crippen molar-refractivity contribution in [1.82, 2.24) is 4.90 Å². The molecule has 1 aromatic carbocycles. The van der Waals surface area contributed by atoms with Gasteiger partial charge in [-0.15, -0.1) is 0 Å². The van der Waals surface area contributed by atoms with Crippen LogP contribution in [0.1, 0.15) is 19.8 Å². The Morgan fingerprint density at radius 2 is 2.19 bits per heavy atom. The third kappa shape index (κ3) is 3.89. The van der Waals surface area contributed by atoms with E-state index in [1.807, 2.05) is 6.92 Å². The molecule has 0 aromatic heterocycles. The van der Waals surface area contributed by atoms with E-state index in [9.17, 15) is 9.59 Å². The number of halogens is 2. The largest absolute Gasteiger partial charge is 0.481 e. The van der Waals surface area contributed by atoms with E-state index in [0.717, 1.165) is 4.47 Å². The molecule has 5 nitrogen and oxygen atoms in total. The Morgan fingerprint density at radius 3 is 2.81 bits per heavy atom. The number of benzene rings is 1. The average Bonchev–Trinajstić information content (AvgIpc) is 2.42. The van der Waals surface area contributed by atoms with Crippen LogP contribution in [-0.2, 0) is 4.79 Å². The lowest BCUT2D eigenvalue weighted by molar-refractivity contribution is -0.143. The van der Waals surface area contributed by atoms with Gasteiger partial charge in [0.15, 0.2) is 0 Å². The first-order valence-electron chi connectivity index (χ1n) is 6.64. The van der Waals surface area contributed by atoms with E-state index in [-0.39, 0.29) is 18.0 Å². The van der Waals surface area contributed by atoms with Crippen LogP contribution in [-0.4, -0.2) is 34.6 Å². The fourth-order valence-electron chi connectivity index (χ4n) is 2.48. The smallest absolute Gasteiger partial charge is 0.322 e. The van der Waals surface area contributed by atoms with Gasteiger partial charge < -0.3 is 15.3 Å². The number of anilines is 1. The zero-order valence-corrected chi connectivity index (χ0v) is 13.8. The Labute approximate surface area is 136 Å². The van der Waals surface area contributed by atoms with E-state index in [0.29, 0.717) is 30.1 Å². The van der Waals surface area contributed by atoms with Crippen LogP contribution in [0.4, 0.5) is 10.5 Å². The normalized spacial score (nSPS) is 22.0. The Kier molecular flexibility index (Phi) is 5.11. The molecule has 1 aliphatic rings. The molecule has 0 spiro atoms. The number of nitrogens with zero attached hydrogens (tertiary/aromatic N) is 1. The van der Waals surface area contributed by atoms with Crippen molar-refractivity contribution in [2.75, 3.05) is 11.9 Å². The van der Waals surface area contributed by atoms with Crippen LogP contribution in [0.5, 0.6) is 0 Å². The number of likely N-dealkylation sites (tertiary alicyclic amines) is 1. The minimum atomic E-state index is -0.792. The van der Waals surface area contributed by atoms with Crippen molar-refractivity contribution in [1.29, 1.82) is 0 Å². The van der Waals surface area contributed by atoms with E-state index in [2.05, 4.69) is 21.2 Å². The van der Waals surface area contributed by atoms with Crippen LogP contribution < -0.4 is 5.32 Å². The monoisotopic (exact) mass is 374 g/mol. The van der Waals surface area contributed by atoms with E-state index >= 15 is 0 Å². The third-order valence-corrected chi connectivity index (χ3v) is 4.58. The Balaban J connectivity index is 2.04. The molecule has 0 saturated carbocycles. The molecule has 2 amide bonds. The predicted octanol–water partition coefficient (Wildman–Crippen LogP) is 3.82. The van der Waals surface area contributed by atoms with Gasteiger partial charge in [0, 0.05) is 22.1 Å². The van der Waals surface area contributed by atoms with Gasteiger partial charge in [0.1, 0.15) is 0 Å². The molecule has 7 heteroatoms. The highest BCUT2D eigenvalue weighted by atomic mass is 79.9. The third-order valence-electron chi connectivity index (χ3n) is 3.66. The van der Waals surface area contributed by atoms with Gasteiger partial charge in [-0.2, -0.15) is 0 Å². The summed E-state index contributed by atoms with van der Waals surface area (Å²) in [6.07, 6.45) is 0.948. The van der Waals surface area contributed by atoms with Crippen molar-refractivity contribution in [3.8, 4) is 0 Å². The Morgan fingerprint density at radius 1 is 1.48 bits per heavy atom. The van der Waals surface area contributed by atoms with E-state index in [1.165, 1.54) is 0 Å². The molecule has 1 aromatic rings. The first-order valence-corrected chi connectivity index (χ1v) is 7.81. The number of carbonyl (C=O) groups excluding carboxylic acids is 1. The van der Waals surface area contributed by atoms with Gasteiger partial charge in [0.25, 0.3) is 0 Å². The number of carbonyl (C=O) groups is 2. The first kappa shape index (κ1) is 16.1. The van der Waals surface area contributed by atoms with Crippen LogP contribution in [0.3, 0.4) is 0 Å². The average molecular weight is 376 g/mol. The number of amides is 2. The molecular weight excluding hydrogens is 360 g/mol. The van der Waals surface area contributed by atoms with Crippen LogP contribution in [0.2, 0.25) is 5.02 Å². The van der Waals surface area contributed by atoms with Crippen LogP contribution in [0, 0.1) is 5.92 Å². The second-order valence-electron chi connectivity index (χ2n) is 5.16. The number of hydrogen-bond donors (Lipinski definition) is 2. The summed E-state index contributed by atoms with van der Waals surface area (Å²) in [5.41, 5.74) is 0.597. The number of carboxylic acid groups (broad SMARTS) is 1. The van der Waals surface area contributed by atoms with Crippen molar-refractivity contribution in [2.45, 2.75) is 25.8 Å². The van der Waals surface area contributed by atoms with Crippen molar-refractivity contribution in [2.24, 2.45) is 5.92 Å². The summed E-state index contributed by atoms with van der Waals surface area (Å²) in [5, 5.41) is 12.4. The minimum absolute atomic E-state index is 0.113. The molecule has 2 rings (SSSR count). The lowest BCUT2D eigenvalue weighted by atomic mass is 9.92.